The van der Waals surface area contributed by atoms with Gasteiger partial charge in [-0.05, 0) is 19.3 Å². The molecule has 0 bridgehead atoms. The number of aliphatic carboxylic acids is 1. The van der Waals surface area contributed by atoms with Crippen LogP contribution in [0.1, 0.15) is 27.7 Å². The van der Waals surface area contributed by atoms with Gasteiger partial charge >= 0.3 is 5.97 Å². The number of carboxylic acids is 1. The minimum Gasteiger partial charge on any atom is -0.481 e. The number of ether oxygens (including phenoxy) is 1. The van der Waals surface area contributed by atoms with E-state index in [0.29, 0.717) is 13.1 Å². The van der Waals surface area contributed by atoms with Crippen molar-refractivity contribution >= 4 is 11.9 Å². The number of nitrogens with zero attached hydrogens (tertiary/aromatic N) is 1. The third-order valence-corrected chi connectivity index (χ3v) is 4.09. The number of morpholine rings is 1. The minimum atomic E-state index is -0.868. The number of hydrogen-bond donors (Lipinski definition) is 1. The van der Waals surface area contributed by atoms with Crippen LogP contribution in [0.5, 0.6) is 0 Å². The molecular formula is C13H21NO4. The smallest absolute Gasteiger partial charge is 0.307 e. The number of carboxylic acid groups (broad SMARTS) is 1. The molecule has 0 aromatic heterocycles. The summed E-state index contributed by atoms with van der Waals surface area (Å²) in [7, 11) is 0. The SMILES string of the molecule is C[C@H]1CN(C(=O)[C@@H]2[C@H](C(=O)O)C2(C)C)C[C@H](C)O1. The van der Waals surface area contributed by atoms with Gasteiger partial charge in [0.1, 0.15) is 0 Å². The van der Waals surface area contributed by atoms with E-state index in [2.05, 4.69) is 0 Å². The topological polar surface area (TPSA) is 66.8 Å². The Morgan fingerprint density at radius 3 is 2.06 bits per heavy atom. The standard InChI is InChI=1S/C13H21NO4/c1-7-5-14(6-8(2)18-7)11(15)9-10(12(16)17)13(9,3)4/h7-10H,5-6H2,1-4H3,(H,16,17)/t7-,8-,9-,10+/m0/s1. The average molecular weight is 255 g/mol. The molecule has 0 aromatic rings. The van der Waals surface area contributed by atoms with Crippen molar-refractivity contribution in [1.82, 2.24) is 4.90 Å². The fourth-order valence-corrected chi connectivity index (χ4v) is 3.11. The molecule has 102 valence electrons. The third-order valence-electron chi connectivity index (χ3n) is 4.09. The van der Waals surface area contributed by atoms with Crippen LogP contribution in [0.2, 0.25) is 0 Å². The van der Waals surface area contributed by atoms with Gasteiger partial charge in [0.05, 0.1) is 24.0 Å². The van der Waals surface area contributed by atoms with Gasteiger partial charge in [0, 0.05) is 13.1 Å². The van der Waals surface area contributed by atoms with Crippen molar-refractivity contribution in [2.75, 3.05) is 13.1 Å². The van der Waals surface area contributed by atoms with Crippen molar-refractivity contribution < 1.29 is 19.4 Å². The maximum atomic E-state index is 12.4. The van der Waals surface area contributed by atoms with E-state index in [1.54, 1.807) is 4.90 Å². The molecular weight excluding hydrogens is 234 g/mol. The zero-order valence-corrected chi connectivity index (χ0v) is 11.3. The first-order valence-electron chi connectivity index (χ1n) is 6.42. The first-order valence-corrected chi connectivity index (χ1v) is 6.42. The van der Waals surface area contributed by atoms with Crippen molar-refractivity contribution in [2.45, 2.75) is 39.9 Å². The summed E-state index contributed by atoms with van der Waals surface area (Å²) in [4.78, 5) is 25.3. The number of amides is 1. The minimum absolute atomic E-state index is 0.0165. The quantitative estimate of drug-likeness (QED) is 0.798. The lowest BCUT2D eigenvalue weighted by Gasteiger charge is -2.35. The lowest BCUT2D eigenvalue weighted by atomic mass is 10.1. The molecule has 0 radical (unpaired) electrons. The summed E-state index contributed by atoms with van der Waals surface area (Å²) in [5.41, 5.74) is -0.423. The summed E-state index contributed by atoms with van der Waals surface area (Å²) in [5, 5.41) is 9.12. The molecule has 1 aliphatic heterocycles. The fraction of sp³-hybridized carbons (Fsp3) is 0.846. The molecule has 1 amide bonds. The maximum Gasteiger partial charge on any atom is 0.307 e. The van der Waals surface area contributed by atoms with Crippen LogP contribution in [-0.2, 0) is 14.3 Å². The molecule has 0 spiro atoms. The van der Waals surface area contributed by atoms with Gasteiger partial charge in [-0.1, -0.05) is 13.8 Å². The first-order chi connectivity index (χ1) is 8.25. The van der Waals surface area contributed by atoms with E-state index in [-0.39, 0.29) is 24.0 Å². The summed E-state index contributed by atoms with van der Waals surface area (Å²) in [5.74, 6) is -1.83. The molecule has 5 heteroatoms. The Bertz CT molecular complexity index is 369. The number of hydrogen-bond acceptors (Lipinski definition) is 3. The summed E-state index contributed by atoms with van der Waals surface area (Å²) in [6.45, 7) is 8.68. The molecule has 0 unspecified atom stereocenters. The first kappa shape index (κ1) is 13.3. The molecule has 2 aliphatic rings. The second-order valence-corrected chi connectivity index (χ2v) is 6.12. The van der Waals surface area contributed by atoms with Crippen LogP contribution >= 0.6 is 0 Å². The number of carbonyl (C=O) groups excluding carboxylic acids is 1. The summed E-state index contributed by atoms with van der Waals surface area (Å²) in [6.07, 6.45) is 0.0330. The van der Waals surface area contributed by atoms with Crippen LogP contribution in [0.3, 0.4) is 0 Å². The van der Waals surface area contributed by atoms with Crippen molar-refractivity contribution in [3.63, 3.8) is 0 Å². The van der Waals surface area contributed by atoms with Gasteiger partial charge in [0.25, 0.3) is 0 Å². The van der Waals surface area contributed by atoms with Gasteiger partial charge in [0.15, 0.2) is 0 Å². The van der Waals surface area contributed by atoms with Crippen molar-refractivity contribution in [2.24, 2.45) is 17.3 Å². The Balaban J connectivity index is 2.07. The van der Waals surface area contributed by atoms with E-state index in [1.165, 1.54) is 0 Å². The summed E-state index contributed by atoms with van der Waals surface area (Å²) < 4.78 is 5.58. The second kappa shape index (κ2) is 4.23. The molecule has 4 atom stereocenters. The predicted octanol–water partition coefficient (Wildman–Crippen LogP) is 0.979. The monoisotopic (exact) mass is 255 g/mol. The predicted molar refractivity (Wildman–Crippen MR) is 65.0 cm³/mol. The lowest BCUT2D eigenvalue weighted by Crippen LogP contribution is -2.49. The highest BCUT2D eigenvalue weighted by atomic mass is 16.5. The van der Waals surface area contributed by atoms with Gasteiger partial charge in [0.2, 0.25) is 5.91 Å². The Morgan fingerprint density at radius 2 is 1.67 bits per heavy atom. The third kappa shape index (κ3) is 2.11. The van der Waals surface area contributed by atoms with Crippen molar-refractivity contribution in [3.8, 4) is 0 Å². The second-order valence-electron chi connectivity index (χ2n) is 6.12. The Kier molecular flexibility index (Phi) is 3.13. The Labute approximate surface area is 107 Å². The Morgan fingerprint density at radius 1 is 1.17 bits per heavy atom. The zero-order chi connectivity index (χ0) is 13.7. The highest BCUT2D eigenvalue weighted by molar-refractivity contribution is 5.91. The van der Waals surface area contributed by atoms with Gasteiger partial charge in [-0.15, -0.1) is 0 Å². The van der Waals surface area contributed by atoms with Crippen molar-refractivity contribution in [3.05, 3.63) is 0 Å². The van der Waals surface area contributed by atoms with Gasteiger partial charge in [-0.25, -0.2) is 0 Å². The number of rotatable bonds is 2. The molecule has 1 heterocycles. The summed E-state index contributed by atoms with van der Waals surface area (Å²) in [6, 6.07) is 0. The van der Waals surface area contributed by atoms with Gasteiger partial charge < -0.3 is 14.7 Å². The van der Waals surface area contributed by atoms with Gasteiger partial charge in [-0.2, -0.15) is 0 Å². The van der Waals surface area contributed by atoms with Crippen LogP contribution in [0.15, 0.2) is 0 Å². The molecule has 1 saturated heterocycles. The van der Waals surface area contributed by atoms with Crippen LogP contribution in [-0.4, -0.2) is 47.2 Å². The molecule has 2 fully saturated rings. The normalized spacial score (nSPS) is 38.3. The largest absolute Gasteiger partial charge is 0.481 e. The van der Waals surface area contributed by atoms with Crippen LogP contribution in [0.25, 0.3) is 0 Å². The highest BCUT2D eigenvalue weighted by Gasteiger charge is 2.66. The van der Waals surface area contributed by atoms with E-state index in [4.69, 9.17) is 9.84 Å². The molecule has 0 aromatic carbocycles. The molecule has 1 aliphatic carbocycles. The van der Waals surface area contributed by atoms with E-state index in [9.17, 15) is 9.59 Å². The Hall–Kier alpha value is -1.10. The summed E-state index contributed by atoms with van der Waals surface area (Å²) >= 11 is 0. The number of carbonyl (C=O) groups is 2. The van der Waals surface area contributed by atoms with Crippen LogP contribution in [0.4, 0.5) is 0 Å². The van der Waals surface area contributed by atoms with Crippen LogP contribution < -0.4 is 0 Å². The van der Waals surface area contributed by atoms with Crippen molar-refractivity contribution in [1.29, 1.82) is 0 Å². The maximum absolute atomic E-state index is 12.4. The molecule has 1 saturated carbocycles. The molecule has 5 nitrogen and oxygen atoms in total. The van der Waals surface area contributed by atoms with E-state index in [1.807, 2.05) is 27.7 Å². The van der Waals surface area contributed by atoms with E-state index >= 15 is 0 Å². The average Bonchev–Trinajstić information content (AvgIpc) is 2.79. The zero-order valence-electron chi connectivity index (χ0n) is 11.3. The fourth-order valence-electron chi connectivity index (χ4n) is 3.11. The van der Waals surface area contributed by atoms with E-state index < -0.39 is 17.3 Å². The molecule has 2 rings (SSSR count). The molecule has 1 N–H and O–H groups in total. The van der Waals surface area contributed by atoms with E-state index in [0.717, 1.165) is 0 Å². The molecule has 18 heavy (non-hydrogen) atoms. The highest BCUT2D eigenvalue weighted by Crippen LogP contribution is 2.59. The van der Waals surface area contributed by atoms with Gasteiger partial charge in [-0.3, -0.25) is 9.59 Å². The lowest BCUT2D eigenvalue weighted by molar-refractivity contribution is -0.147. The van der Waals surface area contributed by atoms with Crippen LogP contribution in [0, 0.1) is 17.3 Å².